The number of benzene rings is 1. The van der Waals surface area contributed by atoms with Crippen LogP contribution in [0.5, 0.6) is 0 Å². The summed E-state index contributed by atoms with van der Waals surface area (Å²) in [6.07, 6.45) is 6.54. The molecule has 2 heterocycles. The zero-order valence-corrected chi connectivity index (χ0v) is 16.6. The zero-order chi connectivity index (χ0) is 17.4. The van der Waals surface area contributed by atoms with Crippen LogP contribution in [-0.4, -0.2) is 18.3 Å². The highest BCUT2D eigenvalue weighted by molar-refractivity contribution is 7.99. The van der Waals surface area contributed by atoms with Crippen molar-refractivity contribution in [1.29, 1.82) is 0 Å². The van der Waals surface area contributed by atoms with E-state index in [-0.39, 0.29) is 0 Å². The zero-order valence-electron chi connectivity index (χ0n) is 14.2. The van der Waals surface area contributed by atoms with E-state index in [1.807, 2.05) is 19.3 Å². The second kappa shape index (κ2) is 7.02. The van der Waals surface area contributed by atoms with Crippen molar-refractivity contribution in [2.75, 3.05) is 17.6 Å². The lowest BCUT2D eigenvalue weighted by molar-refractivity contribution is 1.02. The number of anilines is 1. The summed E-state index contributed by atoms with van der Waals surface area (Å²) >= 11 is 9.96. The Morgan fingerprint density at radius 1 is 1.16 bits per heavy atom. The van der Waals surface area contributed by atoms with Crippen LogP contribution in [0, 0.1) is 0 Å². The lowest BCUT2D eigenvalue weighted by Crippen LogP contribution is -2.04. The first kappa shape index (κ1) is 17.0. The van der Waals surface area contributed by atoms with Crippen molar-refractivity contribution in [3.63, 3.8) is 0 Å². The summed E-state index contributed by atoms with van der Waals surface area (Å²) in [6.45, 7) is 0. The fraction of sp³-hybridized carbons (Fsp3) is 0.250. The molecule has 1 aromatic carbocycles. The maximum atomic E-state index is 6.56. The van der Waals surface area contributed by atoms with E-state index in [9.17, 15) is 0 Å². The van der Waals surface area contributed by atoms with Crippen molar-refractivity contribution in [2.45, 2.75) is 18.8 Å². The van der Waals surface area contributed by atoms with E-state index in [2.05, 4.69) is 51.3 Å². The van der Waals surface area contributed by atoms with Gasteiger partial charge in [0.1, 0.15) is 0 Å². The standard InChI is InChI=1S/C20H19ClN2S2/c1-23(24-2)16-5-6-17(18(21)11-16)20-10-15(12-25-20)14-7-8-22-19(9-14)13-3-4-13/h5-13H,3-4H2,1-2H3. The average Bonchev–Trinajstić information content (AvgIpc) is 3.38. The molecule has 2 nitrogen and oxygen atoms in total. The van der Waals surface area contributed by atoms with Crippen molar-refractivity contribution in [3.05, 3.63) is 58.7 Å². The molecule has 2 aromatic heterocycles. The van der Waals surface area contributed by atoms with Crippen LogP contribution < -0.4 is 4.31 Å². The van der Waals surface area contributed by atoms with Crippen LogP contribution in [0.2, 0.25) is 5.02 Å². The normalized spacial score (nSPS) is 13.9. The second-order valence-electron chi connectivity index (χ2n) is 6.29. The molecule has 0 unspecified atom stereocenters. The van der Waals surface area contributed by atoms with Crippen LogP contribution in [0.25, 0.3) is 21.6 Å². The van der Waals surface area contributed by atoms with Gasteiger partial charge < -0.3 is 4.31 Å². The van der Waals surface area contributed by atoms with Gasteiger partial charge in [-0.05, 0) is 65.7 Å². The lowest BCUT2D eigenvalue weighted by Gasteiger charge is -2.16. The molecular formula is C20H19ClN2S2. The fourth-order valence-electron chi connectivity index (χ4n) is 2.86. The largest absolute Gasteiger partial charge is 0.319 e. The minimum absolute atomic E-state index is 0.675. The molecule has 3 aromatic rings. The fourth-order valence-corrected chi connectivity index (χ4v) is 4.48. The smallest absolute Gasteiger partial charge is 0.0513 e. The minimum atomic E-state index is 0.675. The number of hydrogen-bond donors (Lipinski definition) is 0. The highest BCUT2D eigenvalue weighted by Gasteiger charge is 2.25. The molecular weight excluding hydrogens is 368 g/mol. The summed E-state index contributed by atoms with van der Waals surface area (Å²) < 4.78 is 2.10. The van der Waals surface area contributed by atoms with Crippen LogP contribution in [0.3, 0.4) is 0 Å². The number of halogens is 1. The average molecular weight is 387 g/mol. The van der Waals surface area contributed by atoms with Gasteiger partial charge in [0, 0.05) is 47.2 Å². The number of pyridine rings is 1. The molecule has 5 heteroatoms. The van der Waals surface area contributed by atoms with Crippen LogP contribution in [0.4, 0.5) is 5.69 Å². The van der Waals surface area contributed by atoms with E-state index in [1.165, 1.54) is 34.5 Å². The lowest BCUT2D eigenvalue weighted by atomic mass is 10.1. The molecule has 25 heavy (non-hydrogen) atoms. The highest BCUT2D eigenvalue weighted by atomic mass is 35.5. The molecule has 0 aliphatic heterocycles. The number of hydrogen-bond acceptors (Lipinski definition) is 4. The summed E-state index contributed by atoms with van der Waals surface area (Å²) in [5.74, 6) is 0.675. The third kappa shape index (κ3) is 3.57. The predicted octanol–water partition coefficient (Wildman–Crippen LogP) is 6.72. The molecule has 1 aliphatic rings. The van der Waals surface area contributed by atoms with Gasteiger partial charge in [-0.25, -0.2) is 0 Å². The molecule has 128 valence electrons. The van der Waals surface area contributed by atoms with Gasteiger partial charge in [0.15, 0.2) is 0 Å². The van der Waals surface area contributed by atoms with Crippen molar-refractivity contribution in [1.82, 2.24) is 4.98 Å². The third-order valence-electron chi connectivity index (χ3n) is 4.57. The SMILES string of the molecule is CSN(C)c1ccc(-c2cc(-c3ccnc(C4CC4)c3)cs2)c(Cl)c1. The minimum Gasteiger partial charge on any atom is -0.319 e. The van der Waals surface area contributed by atoms with Crippen molar-refractivity contribution < 1.29 is 0 Å². The van der Waals surface area contributed by atoms with Crippen molar-refractivity contribution in [3.8, 4) is 21.6 Å². The monoisotopic (exact) mass is 386 g/mol. The Labute approximate surface area is 162 Å². The van der Waals surface area contributed by atoms with Crippen molar-refractivity contribution in [2.24, 2.45) is 0 Å². The van der Waals surface area contributed by atoms with Gasteiger partial charge in [0.05, 0.1) is 5.02 Å². The summed E-state index contributed by atoms with van der Waals surface area (Å²) in [6, 6.07) is 12.8. The summed E-state index contributed by atoms with van der Waals surface area (Å²) in [5.41, 5.74) is 5.92. The van der Waals surface area contributed by atoms with Crippen LogP contribution in [0.15, 0.2) is 48.0 Å². The van der Waals surface area contributed by atoms with Crippen LogP contribution >= 0.6 is 34.9 Å². The van der Waals surface area contributed by atoms with Gasteiger partial charge in [-0.15, -0.1) is 11.3 Å². The highest BCUT2D eigenvalue weighted by Crippen LogP contribution is 2.41. The van der Waals surface area contributed by atoms with Gasteiger partial charge in [0.25, 0.3) is 0 Å². The number of thiophene rings is 1. The van der Waals surface area contributed by atoms with Gasteiger partial charge >= 0.3 is 0 Å². The van der Waals surface area contributed by atoms with Crippen LogP contribution in [-0.2, 0) is 0 Å². The molecule has 1 saturated carbocycles. The van der Waals surface area contributed by atoms with Crippen molar-refractivity contribution >= 4 is 40.6 Å². The first-order chi connectivity index (χ1) is 12.2. The Morgan fingerprint density at radius 2 is 2.00 bits per heavy atom. The van der Waals surface area contributed by atoms with E-state index in [0.29, 0.717) is 5.92 Å². The summed E-state index contributed by atoms with van der Waals surface area (Å²) in [7, 11) is 2.04. The topological polar surface area (TPSA) is 16.1 Å². The quantitative estimate of drug-likeness (QED) is 0.452. The van der Waals surface area contributed by atoms with Gasteiger partial charge in [-0.3, -0.25) is 4.98 Å². The van der Waals surface area contributed by atoms with E-state index >= 15 is 0 Å². The second-order valence-corrected chi connectivity index (χ2v) is 8.52. The van der Waals surface area contributed by atoms with Gasteiger partial charge in [0.2, 0.25) is 0 Å². The molecule has 0 saturated heterocycles. The summed E-state index contributed by atoms with van der Waals surface area (Å²) in [4.78, 5) is 5.71. The maximum absolute atomic E-state index is 6.56. The maximum Gasteiger partial charge on any atom is 0.0513 e. The number of nitrogens with zero attached hydrogens (tertiary/aromatic N) is 2. The van der Waals surface area contributed by atoms with E-state index in [0.717, 1.165) is 16.3 Å². The molecule has 0 N–H and O–H groups in total. The van der Waals surface area contributed by atoms with Gasteiger partial charge in [-0.1, -0.05) is 23.5 Å². The van der Waals surface area contributed by atoms with Gasteiger partial charge in [-0.2, -0.15) is 0 Å². The number of rotatable bonds is 5. The molecule has 0 bridgehead atoms. The Balaban J connectivity index is 1.64. The Hall–Kier alpha value is -1.49. The van der Waals surface area contributed by atoms with E-state index in [1.54, 1.807) is 23.3 Å². The Kier molecular flexibility index (Phi) is 4.76. The summed E-state index contributed by atoms with van der Waals surface area (Å²) in [5, 5.41) is 3.00. The van der Waals surface area contributed by atoms with Crippen LogP contribution in [0.1, 0.15) is 24.5 Å². The molecule has 0 atom stereocenters. The number of aromatic nitrogens is 1. The van der Waals surface area contributed by atoms with E-state index in [4.69, 9.17) is 11.6 Å². The van der Waals surface area contributed by atoms with E-state index < -0.39 is 0 Å². The molecule has 4 rings (SSSR count). The predicted molar refractivity (Wildman–Crippen MR) is 112 cm³/mol. The molecule has 0 amide bonds. The third-order valence-corrected chi connectivity index (χ3v) is 6.60. The molecule has 1 fully saturated rings. The molecule has 0 spiro atoms. The molecule has 0 radical (unpaired) electrons. The molecule has 1 aliphatic carbocycles. The Bertz CT molecular complexity index is 902. The Morgan fingerprint density at radius 3 is 2.72 bits per heavy atom. The first-order valence-corrected chi connectivity index (χ1v) is 10.7. The first-order valence-electron chi connectivity index (χ1n) is 8.28.